The van der Waals surface area contributed by atoms with Crippen LogP contribution >= 0.6 is 0 Å². The number of amides is 1. The second kappa shape index (κ2) is 5.90. The molecule has 0 saturated heterocycles. The molecule has 1 heterocycles. The van der Waals surface area contributed by atoms with Gasteiger partial charge in [0.2, 0.25) is 11.5 Å². The summed E-state index contributed by atoms with van der Waals surface area (Å²) in [6.07, 6.45) is 1.65. The molecule has 1 aromatic heterocycles. The number of nitrogens with one attached hydrogen (secondary N) is 2. The maximum Gasteiger partial charge on any atom is 0.248 e. The van der Waals surface area contributed by atoms with Crippen molar-refractivity contribution in [2.75, 3.05) is 5.32 Å². The molecule has 0 aliphatic carbocycles. The average Bonchev–Trinajstić information content (AvgIpc) is 2.39. The summed E-state index contributed by atoms with van der Waals surface area (Å²) in [5.41, 5.74) is 2.27. The van der Waals surface area contributed by atoms with E-state index in [2.05, 4.69) is 10.3 Å². The normalized spacial score (nSPS) is 11.0. The van der Waals surface area contributed by atoms with E-state index in [-0.39, 0.29) is 17.4 Å². The highest BCUT2D eigenvalue weighted by Crippen LogP contribution is 2.20. The Kier molecular flexibility index (Phi) is 4.23. The molecular weight excluding hydrogens is 252 g/mol. The molecule has 0 atom stereocenters. The first kappa shape index (κ1) is 14.3. The summed E-state index contributed by atoms with van der Waals surface area (Å²) < 4.78 is 0. The fourth-order valence-electron chi connectivity index (χ4n) is 2.42. The van der Waals surface area contributed by atoms with Crippen molar-refractivity contribution in [1.82, 2.24) is 4.98 Å². The molecule has 2 aromatic rings. The molecule has 0 unspecified atom stereocenters. The molecule has 0 fully saturated rings. The number of aryl methyl sites for hydroxylation is 1. The fraction of sp³-hybridized carbons (Fsp3) is 0.375. The van der Waals surface area contributed by atoms with E-state index in [1.54, 1.807) is 6.07 Å². The Morgan fingerprint density at radius 3 is 2.60 bits per heavy atom. The summed E-state index contributed by atoms with van der Waals surface area (Å²) in [5, 5.41) is 3.90. The number of H-pyrrole nitrogens is 1. The van der Waals surface area contributed by atoms with Gasteiger partial charge in [0.05, 0.1) is 5.52 Å². The second-order valence-corrected chi connectivity index (χ2v) is 5.08. The molecule has 0 bridgehead atoms. The van der Waals surface area contributed by atoms with E-state index < -0.39 is 0 Å². The number of hydrogen-bond acceptors (Lipinski definition) is 2. The van der Waals surface area contributed by atoms with Crippen LogP contribution in [-0.4, -0.2) is 10.9 Å². The number of aromatic nitrogens is 1. The highest BCUT2D eigenvalue weighted by atomic mass is 16.2. The third-order valence-electron chi connectivity index (χ3n) is 3.67. The highest BCUT2D eigenvalue weighted by Gasteiger charge is 2.14. The van der Waals surface area contributed by atoms with E-state index in [0.29, 0.717) is 0 Å². The molecule has 0 saturated carbocycles. The number of rotatable bonds is 4. The van der Waals surface area contributed by atoms with Crippen LogP contribution in [-0.2, 0) is 4.79 Å². The van der Waals surface area contributed by atoms with Crippen LogP contribution < -0.4 is 10.9 Å². The molecular formula is C16H20N2O2. The lowest BCUT2D eigenvalue weighted by molar-refractivity contribution is -0.120. The largest absolute Gasteiger partial charge is 0.326 e. The Bertz CT molecular complexity index is 684. The quantitative estimate of drug-likeness (QED) is 0.897. The molecule has 2 rings (SSSR count). The smallest absolute Gasteiger partial charge is 0.248 e. The Labute approximate surface area is 118 Å². The topological polar surface area (TPSA) is 62.0 Å². The molecule has 20 heavy (non-hydrogen) atoms. The third kappa shape index (κ3) is 2.90. The van der Waals surface area contributed by atoms with E-state index >= 15 is 0 Å². The molecule has 2 N–H and O–H groups in total. The van der Waals surface area contributed by atoms with Gasteiger partial charge in [-0.2, -0.15) is 0 Å². The summed E-state index contributed by atoms with van der Waals surface area (Å²) in [4.78, 5) is 26.4. The van der Waals surface area contributed by atoms with Gasteiger partial charge in [-0.15, -0.1) is 0 Å². The monoisotopic (exact) mass is 272 g/mol. The van der Waals surface area contributed by atoms with Crippen molar-refractivity contribution >= 4 is 22.5 Å². The molecule has 0 radical (unpaired) electrons. The Morgan fingerprint density at radius 1 is 1.25 bits per heavy atom. The zero-order valence-corrected chi connectivity index (χ0v) is 12.1. The summed E-state index contributed by atoms with van der Waals surface area (Å²) >= 11 is 0. The van der Waals surface area contributed by atoms with Gasteiger partial charge in [-0.1, -0.05) is 19.9 Å². The standard InChI is InChI=1S/C16H20N2O2/c1-4-11(5-2)16(20)17-12-6-7-13-10(3)8-15(19)18-14(13)9-12/h6-9,11H,4-5H2,1-3H3,(H,17,20)(H,18,19). The number of carbonyl (C=O) groups is 1. The molecule has 1 aromatic carbocycles. The van der Waals surface area contributed by atoms with Gasteiger partial charge < -0.3 is 10.3 Å². The minimum Gasteiger partial charge on any atom is -0.326 e. The number of benzene rings is 1. The van der Waals surface area contributed by atoms with E-state index in [4.69, 9.17) is 0 Å². The second-order valence-electron chi connectivity index (χ2n) is 5.08. The number of hydrogen-bond donors (Lipinski definition) is 2. The van der Waals surface area contributed by atoms with Crippen LogP contribution in [0.2, 0.25) is 0 Å². The average molecular weight is 272 g/mol. The van der Waals surface area contributed by atoms with Gasteiger partial charge >= 0.3 is 0 Å². The van der Waals surface area contributed by atoms with Crippen LogP contribution in [0.5, 0.6) is 0 Å². The fourth-order valence-corrected chi connectivity index (χ4v) is 2.42. The summed E-state index contributed by atoms with van der Waals surface area (Å²) in [6, 6.07) is 7.17. The van der Waals surface area contributed by atoms with Crippen LogP contribution in [0.1, 0.15) is 32.3 Å². The lowest BCUT2D eigenvalue weighted by Crippen LogP contribution is -2.21. The third-order valence-corrected chi connectivity index (χ3v) is 3.67. The number of pyridine rings is 1. The van der Waals surface area contributed by atoms with Crippen LogP contribution in [0.15, 0.2) is 29.1 Å². The molecule has 4 heteroatoms. The highest BCUT2D eigenvalue weighted by molar-refractivity contribution is 5.95. The minimum absolute atomic E-state index is 0.0299. The lowest BCUT2D eigenvalue weighted by Gasteiger charge is -2.13. The van der Waals surface area contributed by atoms with Crippen molar-refractivity contribution in [2.45, 2.75) is 33.6 Å². The van der Waals surface area contributed by atoms with Crippen LogP contribution in [0.25, 0.3) is 10.9 Å². The SMILES string of the molecule is CCC(CC)C(=O)Nc1ccc2c(C)cc(=O)[nH]c2c1. The van der Waals surface area contributed by atoms with E-state index in [1.165, 1.54) is 0 Å². The molecule has 0 aliphatic rings. The predicted molar refractivity (Wildman–Crippen MR) is 82.0 cm³/mol. The van der Waals surface area contributed by atoms with Gasteiger partial charge in [0.15, 0.2) is 0 Å². The van der Waals surface area contributed by atoms with Crippen molar-refractivity contribution in [3.63, 3.8) is 0 Å². The van der Waals surface area contributed by atoms with Crippen LogP contribution in [0.3, 0.4) is 0 Å². The van der Waals surface area contributed by atoms with Crippen LogP contribution in [0, 0.1) is 12.8 Å². The van der Waals surface area contributed by atoms with Crippen LogP contribution in [0.4, 0.5) is 5.69 Å². The number of aromatic amines is 1. The van der Waals surface area contributed by atoms with Gasteiger partial charge in [0.25, 0.3) is 0 Å². The Morgan fingerprint density at radius 2 is 1.95 bits per heavy atom. The summed E-state index contributed by atoms with van der Waals surface area (Å²) in [7, 11) is 0. The van der Waals surface area contributed by atoms with Gasteiger partial charge in [-0.3, -0.25) is 9.59 Å². The first-order valence-corrected chi connectivity index (χ1v) is 6.99. The number of fused-ring (bicyclic) bond motifs is 1. The molecule has 0 aliphatic heterocycles. The first-order valence-electron chi connectivity index (χ1n) is 6.99. The molecule has 4 nitrogen and oxygen atoms in total. The van der Waals surface area contributed by atoms with Gasteiger partial charge in [-0.05, 0) is 37.5 Å². The first-order chi connectivity index (χ1) is 9.55. The zero-order valence-electron chi connectivity index (χ0n) is 12.1. The maximum atomic E-state index is 12.1. The number of anilines is 1. The van der Waals surface area contributed by atoms with E-state index in [9.17, 15) is 9.59 Å². The number of carbonyl (C=O) groups excluding carboxylic acids is 1. The molecule has 0 spiro atoms. The lowest BCUT2D eigenvalue weighted by atomic mass is 10.0. The maximum absolute atomic E-state index is 12.1. The molecule has 106 valence electrons. The Hall–Kier alpha value is -2.10. The summed E-state index contributed by atoms with van der Waals surface area (Å²) in [6.45, 7) is 5.92. The Balaban J connectivity index is 2.33. The predicted octanol–water partition coefficient (Wildman–Crippen LogP) is 3.21. The zero-order chi connectivity index (χ0) is 14.7. The van der Waals surface area contributed by atoms with E-state index in [1.807, 2.05) is 39.0 Å². The van der Waals surface area contributed by atoms with Gasteiger partial charge in [-0.25, -0.2) is 0 Å². The minimum atomic E-state index is -0.126. The van der Waals surface area contributed by atoms with Crippen molar-refractivity contribution in [3.8, 4) is 0 Å². The molecule has 1 amide bonds. The van der Waals surface area contributed by atoms with Crippen molar-refractivity contribution in [1.29, 1.82) is 0 Å². The van der Waals surface area contributed by atoms with E-state index in [0.717, 1.165) is 35.0 Å². The van der Waals surface area contributed by atoms with Crippen molar-refractivity contribution < 1.29 is 4.79 Å². The van der Waals surface area contributed by atoms with Crippen molar-refractivity contribution in [3.05, 3.63) is 40.2 Å². The van der Waals surface area contributed by atoms with Crippen molar-refractivity contribution in [2.24, 2.45) is 5.92 Å². The van der Waals surface area contributed by atoms with Gasteiger partial charge in [0, 0.05) is 23.1 Å². The summed E-state index contributed by atoms with van der Waals surface area (Å²) in [5.74, 6) is 0.0617. The van der Waals surface area contributed by atoms with Gasteiger partial charge in [0.1, 0.15) is 0 Å².